The minimum atomic E-state index is -0.662. The Bertz CT molecular complexity index is 834. The van der Waals surface area contributed by atoms with E-state index in [2.05, 4.69) is 0 Å². The molecule has 0 bridgehead atoms. The Morgan fingerprint density at radius 2 is 2.00 bits per heavy atom. The van der Waals surface area contributed by atoms with Gasteiger partial charge in [-0.1, -0.05) is 30.3 Å². The number of amides is 1. The molecule has 6 heteroatoms. The van der Waals surface area contributed by atoms with Crippen LogP contribution in [0.5, 0.6) is 0 Å². The molecule has 0 saturated carbocycles. The second-order valence-electron chi connectivity index (χ2n) is 6.47. The van der Waals surface area contributed by atoms with Gasteiger partial charge in [0.15, 0.2) is 11.5 Å². The fourth-order valence-electron chi connectivity index (χ4n) is 3.60. The van der Waals surface area contributed by atoms with Crippen LogP contribution in [0.1, 0.15) is 35.0 Å². The Balaban J connectivity index is 1.74. The molecule has 2 aromatic rings. The average molecular weight is 353 g/mol. The van der Waals surface area contributed by atoms with Crippen molar-refractivity contribution in [2.45, 2.75) is 25.0 Å². The van der Waals surface area contributed by atoms with Gasteiger partial charge in [-0.15, -0.1) is 0 Å². The number of furan rings is 1. The molecule has 4 rings (SSSR count). The second-order valence-corrected chi connectivity index (χ2v) is 6.47. The van der Waals surface area contributed by atoms with Crippen molar-refractivity contribution >= 4 is 11.7 Å². The summed E-state index contributed by atoms with van der Waals surface area (Å²) < 4.78 is 10.8. The van der Waals surface area contributed by atoms with Gasteiger partial charge in [-0.25, -0.2) is 0 Å². The first-order chi connectivity index (χ1) is 12.7. The number of nitrogens with zero attached hydrogens (tertiary/aromatic N) is 1. The monoisotopic (exact) mass is 353 g/mol. The number of rotatable bonds is 5. The van der Waals surface area contributed by atoms with Crippen molar-refractivity contribution in [1.82, 2.24) is 4.90 Å². The first-order valence-electron chi connectivity index (χ1n) is 8.65. The molecule has 0 aliphatic carbocycles. The summed E-state index contributed by atoms with van der Waals surface area (Å²) in [5, 5.41) is 10.5. The van der Waals surface area contributed by atoms with Gasteiger partial charge in [0, 0.05) is 13.2 Å². The summed E-state index contributed by atoms with van der Waals surface area (Å²) in [7, 11) is 0. The molecule has 0 radical (unpaired) electrons. The number of hydrogen-bond donors (Lipinski definition) is 1. The number of ether oxygens (including phenoxy) is 1. The summed E-state index contributed by atoms with van der Waals surface area (Å²) in [6, 6.07) is 11.7. The highest BCUT2D eigenvalue weighted by atomic mass is 16.5. The van der Waals surface area contributed by atoms with Crippen molar-refractivity contribution in [3.05, 3.63) is 71.4 Å². The van der Waals surface area contributed by atoms with Crippen LogP contribution in [0.4, 0.5) is 0 Å². The van der Waals surface area contributed by atoms with Crippen LogP contribution in [0, 0.1) is 0 Å². The summed E-state index contributed by atoms with van der Waals surface area (Å²) in [6.45, 7) is 0.998. The van der Waals surface area contributed by atoms with Gasteiger partial charge in [0.25, 0.3) is 5.91 Å². The van der Waals surface area contributed by atoms with Crippen molar-refractivity contribution in [1.29, 1.82) is 0 Å². The van der Waals surface area contributed by atoms with Crippen LogP contribution in [0.3, 0.4) is 0 Å². The fraction of sp³-hybridized carbons (Fsp3) is 0.300. The number of hydrogen-bond acceptors (Lipinski definition) is 5. The molecule has 0 unspecified atom stereocenters. The lowest BCUT2D eigenvalue weighted by molar-refractivity contribution is -0.131. The molecule has 2 aliphatic heterocycles. The largest absolute Gasteiger partial charge is 0.503 e. The SMILES string of the molecule is O=C(C1=C(O)C(=O)N(C[C@H]2CCCO2)[C@@H]1c1ccccc1)c1ccco1. The minimum Gasteiger partial charge on any atom is -0.503 e. The lowest BCUT2D eigenvalue weighted by atomic mass is 9.95. The molecule has 1 aromatic carbocycles. The van der Waals surface area contributed by atoms with Crippen LogP contribution in [0.2, 0.25) is 0 Å². The molecule has 1 N–H and O–H groups in total. The number of ketones is 1. The van der Waals surface area contributed by atoms with E-state index in [-0.39, 0.29) is 17.4 Å². The Hall–Kier alpha value is -2.86. The number of Topliss-reactive ketones (excluding diaryl/α,β-unsaturated/α-hetero) is 1. The first-order valence-corrected chi connectivity index (χ1v) is 8.65. The van der Waals surface area contributed by atoms with Crippen molar-refractivity contribution in [2.75, 3.05) is 13.2 Å². The van der Waals surface area contributed by atoms with Crippen molar-refractivity contribution < 1.29 is 23.8 Å². The van der Waals surface area contributed by atoms with Gasteiger partial charge >= 0.3 is 0 Å². The lowest BCUT2D eigenvalue weighted by Gasteiger charge is -2.28. The quantitative estimate of drug-likeness (QED) is 0.836. The fourth-order valence-corrected chi connectivity index (χ4v) is 3.60. The number of aliphatic hydroxyl groups excluding tert-OH is 1. The molecule has 6 nitrogen and oxygen atoms in total. The van der Waals surface area contributed by atoms with Crippen LogP contribution in [0.15, 0.2) is 64.5 Å². The molecule has 1 fully saturated rings. The molecule has 2 aliphatic rings. The molecular formula is C20H19NO5. The molecule has 26 heavy (non-hydrogen) atoms. The molecule has 1 amide bonds. The average Bonchev–Trinajstić information content (AvgIpc) is 3.40. The smallest absolute Gasteiger partial charge is 0.290 e. The van der Waals surface area contributed by atoms with Gasteiger partial charge in [-0.05, 0) is 30.5 Å². The summed E-state index contributed by atoms with van der Waals surface area (Å²) >= 11 is 0. The maximum Gasteiger partial charge on any atom is 0.290 e. The van der Waals surface area contributed by atoms with Crippen LogP contribution in [-0.4, -0.2) is 41.0 Å². The number of aliphatic hydroxyl groups is 1. The standard InChI is InChI=1S/C20H19NO5/c22-18(15-9-5-11-26-15)16-17(13-6-2-1-3-7-13)21(20(24)19(16)23)12-14-8-4-10-25-14/h1-3,5-7,9,11,14,17,23H,4,8,10,12H2/t14-,17-/m1/s1. The molecule has 0 spiro atoms. The van der Waals surface area contributed by atoms with E-state index in [4.69, 9.17) is 9.15 Å². The highest BCUT2D eigenvalue weighted by molar-refractivity contribution is 6.15. The molecule has 2 atom stereocenters. The molecule has 1 aromatic heterocycles. The predicted molar refractivity (Wildman–Crippen MR) is 92.6 cm³/mol. The van der Waals surface area contributed by atoms with Crippen LogP contribution in [-0.2, 0) is 9.53 Å². The maximum atomic E-state index is 12.9. The van der Waals surface area contributed by atoms with E-state index in [1.165, 1.54) is 17.2 Å². The Morgan fingerprint density at radius 3 is 2.65 bits per heavy atom. The van der Waals surface area contributed by atoms with E-state index in [1.54, 1.807) is 6.07 Å². The van der Waals surface area contributed by atoms with E-state index in [0.29, 0.717) is 13.2 Å². The predicted octanol–water partition coefficient (Wildman–Crippen LogP) is 3.04. The lowest BCUT2D eigenvalue weighted by Crippen LogP contribution is -2.37. The zero-order valence-corrected chi connectivity index (χ0v) is 14.1. The first kappa shape index (κ1) is 16.6. The van der Waals surface area contributed by atoms with Gasteiger partial charge in [0.05, 0.1) is 24.0 Å². The number of carbonyl (C=O) groups excluding carboxylic acids is 2. The molecule has 1 saturated heterocycles. The summed E-state index contributed by atoms with van der Waals surface area (Å²) in [6.07, 6.45) is 3.10. The van der Waals surface area contributed by atoms with Crippen LogP contribution >= 0.6 is 0 Å². The Labute approximate surface area is 150 Å². The second kappa shape index (κ2) is 6.80. The molecule has 134 valence electrons. The summed E-state index contributed by atoms with van der Waals surface area (Å²) in [4.78, 5) is 27.2. The van der Waals surface area contributed by atoms with Crippen molar-refractivity contribution in [3.8, 4) is 0 Å². The van der Waals surface area contributed by atoms with E-state index in [0.717, 1.165) is 18.4 Å². The van der Waals surface area contributed by atoms with E-state index >= 15 is 0 Å². The van der Waals surface area contributed by atoms with Gasteiger partial charge < -0.3 is 19.2 Å². The zero-order valence-electron chi connectivity index (χ0n) is 14.1. The Morgan fingerprint density at radius 1 is 1.19 bits per heavy atom. The highest BCUT2D eigenvalue weighted by Crippen LogP contribution is 2.39. The third-order valence-electron chi connectivity index (χ3n) is 4.83. The minimum absolute atomic E-state index is 0.0501. The number of benzene rings is 1. The Kier molecular flexibility index (Phi) is 4.34. The van der Waals surface area contributed by atoms with Gasteiger partial charge in [-0.2, -0.15) is 0 Å². The summed E-state index contributed by atoms with van der Waals surface area (Å²) in [5.74, 6) is -1.45. The van der Waals surface area contributed by atoms with Gasteiger partial charge in [0.2, 0.25) is 5.78 Å². The third kappa shape index (κ3) is 2.82. The highest BCUT2D eigenvalue weighted by Gasteiger charge is 2.45. The molecular weight excluding hydrogens is 334 g/mol. The normalized spacial score (nSPS) is 23.1. The van der Waals surface area contributed by atoms with Gasteiger partial charge in [0.1, 0.15) is 0 Å². The van der Waals surface area contributed by atoms with E-state index in [1.807, 2.05) is 30.3 Å². The third-order valence-corrected chi connectivity index (χ3v) is 4.83. The summed E-state index contributed by atoms with van der Waals surface area (Å²) in [5.41, 5.74) is 0.812. The van der Waals surface area contributed by atoms with Gasteiger partial charge in [-0.3, -0.25) is 9.59 Å². The van der Waals surface area contributed by atoms with Crippen LogP contribution < -0.4 is 0 Å². The zero-order chi connectivity index (χ0) is 18.1. The van der Waals surface area contributed by atoms with Crippen molar-refractivity contribution in [2.24, 2.45) is 0 Å². The number of carbonyl (C=O) groups is 2. The van der Waals surface area contributed by atoms with Crippen LogP contribution in [0.25, 0.3) is 0 Å². The molecule has 3 heterocycles. The topological polar surface area (TPSA) is 80.0 Å². The van der Waals surface area contributed by atoms with E-state index < -0.39 is 23.5 Å². The van der Waals surface area contributed by atoms with E-state index in [9.17, 15) is 14.7 Å². The van der Waals surface area contributed by atoms with Crippen molar-refractivity contribution in [3.63, 3.8) is 0 Å². The maximum absolute atomic E-state index is 12.9.